The summed E-state index contributed by atoms with van der Waals surface area (Å²) < 4.78 is 16.7. The predicted octanol–water partition coefficient (Wildman–Crippen LogP) is 6.26. The van der Waals surface area contributed by atoms with Crippen molar-refractivity contribution in [2.75, 3.05) is 47.1 Å². The van der Waals surface area contributed by atoms with Crippen LogP contribution in [-0.4, -0.2) is 57.7 Å². The average molecular weight is 521 g/mol. The fourth-order valence-electron chi connectivity index (χ4n) is 4.05. The molecular formula is C28H59NO5P+. The van der Waals surface area contributed by atoms with Gasteiger partial charge in [0.2, 0.25) is 0 Å². The summed E-state index contributed by atoms with van der Waals surface area (Å²) in [4.78, 5) is 23.3. The van der Waals surface area contributed by atoms with Gasteiger partial charge in [0.05, 0.1) is 27.3 Å². The number of Topliss-reactive ketones (excluding diaryl/α,β-unsaturated/α-hetero) is 1. The summed E-state index contributed by atoms with van der Waals surface area (Å²) in [7, 11) is 2.18. The van der Waals surface area contributed by atoms with Gasteiger partial charge in [-0.2, -0.15) is 0 Å². The van der Waals surface area contributed by atoms with E-state index in [2.05, 4.69) is 6.92 Å². The van der Waals surface area contributed by atoms with E-state index in [0.717, 1.165) is 26.0 Å². The quantitative estimate of drug-likeness (QED) is 0.0942. The van der Waals surface area contributed by atoms with Gasteiger partial charge in [-0.15, -0.1) is 0 Å². The molecule has 0 aromatic rings. The number of carbonyl (C=O) groups is 1. The van der Waals surface area contributed by atoms with Crippen molar-refractivity contribution in [3.8, 4) is 0 Å². The second kappa shape index (κ2) is 26.9. The van der Waals surface area contributed by atoms with Gasteiger partial charge in [-0.1, -0.05) is 97.3 Å². The first-order valence-electron chi connectivity index (χ1n) is 14.6. The number of likely N-dealkylation sites (N-methyl/N-ethyl adjacent to an activating group) is 1. The Hall–Kier alpha value is -0.100. The minimum Gasteiger partial charge on any atom is -0.381 e. The van der Waals surface area contributed by atoms with Crippen LogP contribution in [0.3, 0.4) is 0 Å². The molecule has 35 heavy (non-hydrogen) atoms. The standard InChI is InChI=1S/C28H58NO5P/c1-5-7-8-9-10-11-12-13-14-15-16-17-18-19-22-32-25-27(24-28(30)20-6-2)26-34-35(31)33-23-21-29(3)4/h27,31H,5-26H2,1-4H3/p+1. The molecule has 0 bridgehead atoms. The summed E-state index contributed by atoms with van der Waals surface area (Å²) in [6, 6.07) is 0. The maximum absolute atomic E-state index is 12.1. The number of ketones is 1. The van der Waals surface area contributed by atoms with Gasteiger partial charge in [-0.3, -0.25) is 4.79 Å². The molecule has 0 saturated heterocycles. The van der Waals surface area contributed by atoms with Gasteiger partial charge in [0.1, 0.15) is 18.9 Å². The van der Waals surface area contributed by atoms with Gasteiger partial charge in [0.25, 0.3) is 0 Å². The molecule has 0 saturated carbocycles. The molecule has 210 valence electrons. The van der Waals surface area contributed by atoms with Crippen LogP contribution in [0.2, 0.25) is 0 Å². The fourth-order valence-corrected chi connectivity index (χ4v) is 4.71. The van der Waals surface area contributed by atoms with Gasteiger partial charge in [0.15, 0.2) is 0 Å². The zero-order valence-corrected chi connectivity index (χ0v) is 24.6. The number of unbranched alkanes of at least 4 members (excludes halogenated alkanes) is 13. The van der Waals surface area contributed by atoms with E-state index in [1.54, 1.807) is 0 Å². The molecule has 0 amide bonds. The third-order valence-corrected chi connectivity index (χ3v) is 7.04. The normalized spacial score (nSPS) is 13.4. The highest BCUT2D eigenvalue weighted by Gasteiger charge is 2.17. The van der Waals surface area contributed by atoms with Crippen molar-refractivity contribution in [3.63, 3.8) is 0 Å². The van der Waals surface area contributed by atoms with E-state index in [4.69, 9.17) is 13.8 Å². The van der Waals surface area contributed by atoms with Crippen molar-refractivity contribution in [2.24, 2.45) is 5.92 Å². The first kappa shape index (κ1) is 34.9. The highest BCUT2D eigenvalue weighted by Crippen LogP contribution is 2.33. The lowest BCUT2D eigenvalue weighted by molar-refractivity contribution is -0.858. The summed E-state index contributed by atoms with van der Waals surface area (Å²) in [5.74, 6) is 0.210. The largest absolute Gasteiger partial charge is 0.381 e. The smallest absolute Gasteiger partial charge is 0.330 e. The van der Waals surface area contributed by atoms with E-state index >= 15 is 0 Å². The predicted molar refractivity (Wildman–Crippen MR) is 148 cm³/mol. The monoisotopic (exact) mass is 520 g/mol. The lowest BCUT2D eigenvalue weighted by Gasteiger charge is -2.18. The molecule has 0 radical (unpaired) electrons. The molecule has 0 aliphatic heterocycles. The van der Waals surface area contributed by atoms with Crippen molar-refractivity contribution < 1.29 is 28.4 Å². The van der Waals surface area contributed by atoms with Crippen LogP contribution in [0.15, 0.2) is 0 Å². The Balaban J connectivity index is 3.76. The Morgan fingerprint density at radius 3 is 1.80 bits per heavy atom. The number of carbonyl (C=O) groups excluding carboxylic acids is 1. The topological polar surface area (TPSA) is 69.4 Å². The second-order valence-electron chi connectivity index (χ2n) is 10.4. The first-order valence-corrected chi connectivity index (χ1v) is 15.8. The number of rotatable bonds is 28. The molecule has 0 spiro atoms. The van der Waals surface area contributed by atoms with Gasteiger partial charge in [-0.05, 0) is 12.8 Å². The molecule has 2 N–H and O–H groups in total. The lowest BCUT2D eigenvalue weighted by Crippen LogP contribution is -3.06. The summed E-state index contributed by atoms with van der Waals surface area (Å²) in [6.45, 7) is 7.08. The molecule has 0 fully saturated rings. The highest BCUT2D eigenvalue weighted by atomic mass is 31.2. The van der Waals surface area contributed by atoms with Crippen LogP contribution in [-0.2, 0) is 18.6 Å². The average Bonchev–Trinajstić information content (AvgIpc) is 2.82. The lowest BCUT2D eigenvalue weighted by atomic mass is 10.0. The Labute approximate surface area is 218 Å². The summed E-state index contributed by atoms with van der Waals surface area (Å²) >= 11 is 0. The number of nitrogens with one attached hydrogen (secondary N) is 1. The van der Waals surface area contributed by atoms with Crippen LogP contribution < -0.4 is 4.90 Å². The molecule has 0 aromatic carbocycles. The third kappa shape index (κ3) is 26.8. The zero-order chi connectivity index (χ0) is 26.0. The van der Waals surface area contributed by atoms with Gasteiger partial charge >= 0.3 is 8.60 Å². The Bertz CT molecular complexity index is 453. The summed E-state index contributed by atoms with van der Waals surface area (Å²) in [5.41, 5.74) is 0. The molecule has 0 rings (SSSR count). The SMILES string of the molecule is CCCCCCCCCCCCCCCCOCC(COP(O)OCC[NH+](C)C)CC(=O)CCC. The minimum atomic E-state index is -1.90. The molecule has 7 heteroatoms. The summed E-state index contributed by atoms with van der Waals surface area (Å²) in [6.07, 6.45) is 20.7. The van der Waals surface area contributed by atoms with Crippen LogP contribution in [0.25, 0.3) is 0 Å². The molecule has 2 atom stereocenters. The van der Waals surface area contributed by atoms with E-state index in [9.17, 15) is 9.69 Å². The van der Waals surface area contributed by atoms with Crippen LogP contribution in [0.1, 0.15) is 123 Å². The fraction of sp³-hybridized carbons (Fsp3) is 0.964. The van der Waals surface area contributed by atoms with E-state index in [-0.39, 0.29) is 11.7 Å². The molecular weight excluding hydrogens is 461 g/mol. The number of ether oxygens (including phenoxy) is 1. The van der Waals surface area contributed by atoms with Crippen molar-refractivity contribution in [1.29, 1.82) is 0 Å². The Kier molecular flexibility index (Phi) is 26.9. The van der Waals surface area contributed by atoms with Crippen LogP contribution in [0.5, 0.6) is 0 Å². The summed E-state index contributed by atoms with van der Waals surface area (Å²) in [5, 5.41) is 0. The van der Waals surface area contributed by atoms with Gasteiger partial charge < -0.3 is 23.6 Å². The van der Waals surface area contributed by atoms with Crippen molar-refractivity contribution in [1.82, 2.24) is 0 Å². The van der Waals surface area contributed by atoms with E-state index < -0.39 is 8.60 Å². The molecule has 0 heterocycles. The van der Waals surface area contributed by atoms with E-state index in [1.807, 2.05) is 21.0 Å². The van der Waals surface area contributed by atoms with Crippen molar-refractivity contribution >= 4 is 14.4 Å². The van der Waals surface area contributed by atoms with Crippen LogP contribution >= 0.6 is 8.60 Å². The van der Waals surface area contributed by atoms with Crippen molar-refractivity contribution in [3.05, 3.63) is 0 Å². The van der Waals surface area contributed by atoms with E-state index in [0.29, 0.717) is 32.7 Å². The highest BCUT2D eigenvalue weighted by molar-refractivity contribution is 7.40. The first-order chi connectivity index (χ1) is 17.0. The maximum atomic E-state index is 12.1. The number of quaternary nitrogens is 1. The Morgan fingerprint density at radius 2 is 1.29 bits per heavy atom. The second-order valence-corrected chi connectivity index (χ2v) is 11.3. The number of hydrogen-bond donors (Lipinski definition) is 2. The minimum absolute atomic E-state index is 0.0269. The van der Waals surface area contributed by atoms with Crippen molar-refractivity contribution in [2.45, 2.75) is 123 Å². The molecule has 0 aliphatic carbocycles. The molecule has 6 nitrogen and oxygen atoms in total. The van der Waals surface area contributed by atoms with Crippen LogP contribution in [0, 0.1) is 5.92 Å². The Morgan fingerprint density at radius 1 is 0.743 bits per heavy atom. The molecule has 0 aromatic heterocycles. The molecule has 0 aliphatic rings. The maximum Gasteiger partial charge on any atom is 0.330 e. The third-order valence-electron chi connectivity index (χ3n) is 6.27. The van der Waals surface area contributed by atoms with Gasteiger partial charge in [0, 0.05) is 25.4 Å². The molecule has 2 unspecified atom stereocenters. The van der Waals surface area contributed by atoms with E-state index in [1.165, 1.54) is 88.4 Å². The van der Waals surface area contributed by atoms with Gasteiger partial charge in [-0.25, -0.2) is 0 Å². The number of hydrogen-bond acceptors (Lipinski definition) is 5. The van der Waals surface area contributed by atoms with Crippen LogP contribution in [0.4, 0.5) is 0 Å². The zero-order valence-electron chi connectivity index (χ0n) is 23.7.